The van der Waals surface area contributed by atoms with Gasteiger partial charge in [0.15, 0.2) is 5.82 Å². The van der Waals surface area contributed by atoms with Gasteiger partial charge in [0.25, 0.3) is 0 Å². The van der Waals surface area contributed by atoms with Crippen LogP contribution >= 0.6 is 0 Å². The van der Waals surface area contributed by atoms with Gasteiger partial charge in [0.1, 0.15) is 6.04 Å². The zero-order valence-corrected chi connectivity index (χ0v) is 7.31. The Kier molecular flexibility index (Phi) is 2.28. The van der Waals surface area contributed by atoms with Crippen LogP contribution in [0.1, 0.15) is 30.6 Å². The van der Waals surface area contributed by atoms with Crippen molar-refractivity contribution < 1.29 is 9.63 Å². The van der Waals surface area contributed by atoms with Crippen molar-refractivity contribution in [3.8, 4) is 0 Å². The highest BCUT2D eigenvalue weighted by atomic mass is 16.5. The number of nitrogens with zero attached hydrogens (tertiary/aromatic N) is 2. The van der Waals surface area contributed by atoms with Crippen LogP contribution in [0, 0.1) is 5.92 Å². The zero-order valence-electron chi connectivity index (χ0n) is 7.31. The van der Waals surface area contributed by atoms with Gasteiger partial charge in [-0.1, -0.05) is 5.16 Å². The van der Waals surface area contributed by atoms with Crippen LogP contribution in [-0.2, 0) is 6.42 Å². The molecule has 0 amide bonds. The molecule has 1 fully saturated rings. The predicted octanol–water partition coefficient (Wildman–Crippen LogP) is 0.0142. The second kappa shape index (κ2) is 3.43. The number of rotatable bonds is 4. The second-order valence-corrected chi connectivity index (χ2v) is 3.49. The summed E-state index contributed by atoms with van der Waals surface area (Å²) in [5.41, 5.74) is 5.51. The number of hydrogen-bond acceptors (Lipinski definition) is 5. The molecule has 5 heteroatoms. The molecule has 1 aromatic heterocycles. The van der Waals surface area contributed by atoms with Crippen molar-refractivity contribution in [1.82, 2.24) is 10.1 Å². The van der Waals surface area contributed by atoms with E-state index in [4.69, 9.17) is 15.4 Å². The molecule has 2 rings (SSSR count). The van der Waals surface area contributed by atoms with Gasteiger partial charge < -0.3 is 15.4 Å². The highest BCUT2D eigenvalue weighted by Crippen LogP contribution is 2.31. The first-order chi connectivity index (χ1) is 6.29. The molecule has 0 radical (unpaired) electrons. The fraction of sp³-hybridized carbons (Fsp3) is 0.750. The molecule has 1 aromatic rings. The molecule has 5 nitrogen and oxygen atoms in total. The molecule has 0 bridgehead atoms. The van der Waals surface area contributed by atoms with Crippen molar-refractivity contribution in [1.29, 1.82) is 0 Å². The molecular weight excluding hydrogens is 170 g/mol. The largest absolute Gasteiger partial charge is 0.394 e. The first-order valence-electron chi connectivity index (χ1n) is 4.48. The van der Waals surface area contributed by atoms with Crippen molar-refractivity contribution in [2.75, 3.05) is 6.61 Å². The normalized spacial score (nSPS) is 18.9. The molecule has 1 aliphatic carbocycles. The van der Waals surface area contributed by atoms with Gasteiger partial charge in [-0.25, -0.2) is 0 Å². The van der Waals surface area contributed by atoms with E-state index in [9.17, 15) is 0 Å². The van der Waals surface area contributed by atoms with Crippen LogP contribution in [-0.4, -0.2) is 21.9 Å². The first-order valence-corrected chi connectivity index (χ1v) is 4.48. The van der Waals surface area contributed by atoms with Crippen molar-refractivity contribution in [3.63, 3.8) is 0 Å². The number of aliphatic hydroxyl groups is 1. The minimum atomic E-state index is -0.541. The molecule has 13 heavy (non-hydrogen) atoms. The van der Waals surface area contributed by atoms with E-state index < -0.39 is 6.04 Å². The Labute approximate surface area is 75.9 Å². The van der Waals surface area contributed by atoms with Gasteiger partial charge in [-0.15, -0.1) is 0 Å². The maximum atomic E-state index is 8.74. The topological polar surface area (TPSA) is 85.2 Å². The minimum Gasteiger partial charge on any atom is -0.394 e. The quantitative estimate of drug-likeness (QED) is 0.687. The Morgan fingerprint density at radius 1 is 1.62 bits per heavy atom. The highest BCUT2D eigenvalue weighted by Gasteiger charge is 2.24. The SMILES string of the molecule is N[C@@H](CO)c1nc(CC2CC2)no1. The van der Waals surface area contributed by atoms with Gasteiger partial charge in [0.05, 0.1) is 6.61 Å². The lowest BCUT2D eigenvalue weighted by Crippen LogP contribution is -2.14. The van der Waals surface area contributed by atoms with Gasteiger partial charge in [0, 0.05) is 6.42 Å². The number of hydrogen-bond donors (Lipinski definition) is 2. The molecule has 1 saturated carbocycles. The van der Waals surface area contributed by atoms with E-state index in [0.29, 0.717) is 11.7 Å². The van der Waals surface area contributed by atoms with Gasteiger partial charge in [0.2, 0.25) is 5.89 Å². The lowest BCUT2D eigenvalue weighted by molar-refractivity contribution is 0.236. The van der Waals surface area contributed by atoms with Gasteiger partial charge >= 0.3 is 0 Å². The van der Waals surface area contributed by atoms with Crippen LogP contribution in [0.5, 0.6) is 0 Å². The summed E-state index contributed by atoms with van der Waals surface area (Å²) >= 11 is 0. The predicted molar refractivity (Wildman–Crippen MR) is 44.7 cm³/mol. The summed E-state index contributed by atoms with van der Waals surface area (Å²) in [5, 5.41) is 12.5. The Balaban J connectivity index is 1.99. The summed E-state index contributed by atoms with van der Waals surface area (Å²) in [6, 6.07) is -0.541. The summed E-state index contributed by atoms with van der Waals surface area (Å²) in [6.07, 6.45) is 3.40. The van der Waals surface area contributed by atoms with Crippen LogP contribution in [0.25, 0.3) is 0 Å². The van der Waals surface area contributed by atoms with Crippen molar-refractivity contribution in [2.45, 2.75) is 25.3 Å². The standard InChI is InChI=1S/C8H13N3O2/c9-6(4-12)8-10-7(11-13-8)3-5-1-2-5/h5-6,12H,1-4,9H2/t6-/m0/s1. The Hall–Kier alpha value is -0.940. The Morgan fingerprint density at radius 3 is 3.00 bits per heavy atom. The fourth-order valence-electron chi connectivity index (χ4n) is 1.16. The van der Waals surface area contributed by atoms with Crippen LogP contribution < -0.4 is 5.73 Å². The molecular formula is C8H13N3O2. The van der Waals surface area contributed by atoms with Crippen LogP contribution in [0.2, 0.25) is 0 Å². The summed E-state index contributed by atoms with van der Waals surface area (Å²) in [7, 11) is 0. The van der Waals surface area contributed by atoms with E-state index in [1.54, 1.807) is 0 Å². The van der Waals surface area contributed by atoms with E-state index in [1.165, 1.54) is 12.8 Å². The van der Waals surface area contributed by atoms with Gasteiger partial charge in [-0.3, -0.25) is 0 Å². The van der Waals surface area contributed by atoms with E-state index >= 15 is 0 Å². The summed E-state index contributed by atoms with van der Waals surface area (Å²) < 4.78 is 4.90. The molecule has 0 aromatic carbocycles. The van der Waals surface area contributed by atoms with Gasteiger partial charge in [-0.05, 0) is 18.8 Å². The molecule has 0 unspecified atom stereocenters. The molecule has 0 spiro atoms. The zero-order chi connectivity index (χ0) is 9.26. The molecule has 0 saturated heterocycles. The number of aliphatic hydroxyl groups excluding tert-OH is 1. The van der Waals surface area contributed by atoms with E-state index in [-0.39, 0.29) is 6.61 Å². The van der Waals surface area contributed by atoms with E-state index in [0.717, 1.165) is 12.3 Å². The van der Waals surface area contributed by atoms with Crippen molar-refractivity contribution in [2.24, 2.45) is 11.7 Å². The molecule has 72 valence electrons. The number of nitrogens with two attached hydrogens (primary N) is 1. The smallest absolute Gasteiger partial charge is 0.245 e. The lowest BCUT2D eigenvalue weighted by atomic mass is 10.3. The molecule has 0 aliphatic heterocycles. The maximum absolute atomic E-state index is 8.74. The second-order valence-electron chi connectivity index (χ2n) is 3.49. The average Bonchev–Trinajstić information content (AvgIpc) is 2.81. The van der Waals surface area contributed by atoms with Crippen LogP contribution in [0.4, 0.5) is 0 Å². The fourth-order valence-corrected chi connectivity index (χ4v) is 1.16. The maximum Gasteiger partial charge on any atom is 0.245 e. The monoisotopic (exact) mass is 183 g/mol. The molecule has 3 N–H and O–H groups in total. The van der Waals surface area contributed by atoms with Crippen molar-refractivity contribution in [3.05, 3.63) is 11.7 Å². The third kappa shape index (κ3) is 2.05. The van der Waals surface area contributed by atoms with Crippen molar-refractivity contribution >= 4 is 0 Å². The first kappa shape index (κ1) is 8.65. The van der Waals surface area contributed by atoms with Gasteiger partial charge in [-0.2, -0.15) is 4.98 Å². The highest BCUT2D eigenvalue weighted by molar-refractivity contribution is 4.94. The lowest BCUT2D eigenvalue weighted by Gasteiger charge is -1.98. The Morgan fingerprint density at radius 2 is 2.38 bits per heavy atom. The molecule has 1 atom stereocenters. The average molecular weight is 183 g/mol. The minimum absolute atomic E-state index is 0.162. The van der Waals surface area contributed by atoms with Crippen LogP contribution in [0.3, 0.4) is 0 Å². The van der Waals surface area contributed by atoms with E-state index in [1.807, 2.05) is 0 Å². The summed E-state index contributed by atoms with van der Waals surface area (Å²) in [4.78, 5) is 4.10. The molecule has 1 aliphatic rings. The third-order valence-electron chi connectivity index (χ3n) is 2.17. The van der Waals surface area contributed by atoms with Crippen LogP contribution in [0.15, 0.2) is 4.52 Å². The van der Waals surface area contributed by atoms with E-state index in [2.05, 4.69) is 10.1 Å². The number of aromatic nitrogens is 2. The summed E-state index contributed by atoms with van der Waals surface area (Å²) in [5.74, 6) is 1.77. The summed E-state index contributed by atoms with van der Waals surface area (Å²) in [6.45, 7) is -0.162. The Bertz CT molecular complexity index is 283. The molecule has 1 heterocycles. The third-order valence-corrected chi connectivity index (χ3v) is 2.17.